The average Bonchev–Trinajstić information content (AvgIpc) is 2.27. The highest BCUT2D eigenvalue weighted by Crippen LogP contribution is 2.27. The van der Waals surface area contributed by atoms with Crippen LogP contribution in [0.3, 0.4) is 0 Å². The van der Waals surface area contributed by atoms with Gasteiger partial charge in [-0.25, -0.2) is 0 Å². The highest BCUT2D eigenvalue weighted by atomic mass is 35.5. The number of phenolic OH excluding ortho intramolecular Hbond substituents is 1. The smallest absolute Gasteiger partial charge is 0.121 e. The normalized spacial score (nSPS) is 22.9. The highest BCUT2D eigenvalue weighted by Gasteiger charge is 2.28. The molecule has 18 heavy (non-hydrogen) atoms. The summed E-state index contributed by atoms with van der Waals surface area (Å²) in [5, 5.41) is 13.8. The summed E-state index contributed by atoms with van der Waals surface area (Å²) < 4.78 is 5.68. The topological polar surface area (TPSA) is 41.5 Å². The van der Waals surface area contributed by atoms with Crippen molar-refractivity contribution in [2.45, 2.75) is 44.9 Å². The fourth-order valence-corrected chi connectivity index (χ4v) is 2.61. The molecule has 1 fully saturated rings. The first-order valence-corrected chi connectivity index (χ1v) is 6.69. The zero-order valence-corrected chi connectivity index (χ0v) is 11.6. The Kier molecular flexibility index (Phi) is 4.15. The largest absolute Gasteiger partial charge is 0.508 e. The number of rotatable bonds is 3. The molecule has 1 aromatic carbocycles. The fourth-order valence-electron chi connectivity index (χ4n) is 2.37. The van der Waals surface area contributed by atoms with Crippen LogP contribution in [0, 0.1) is 0 Å². The van der Waals surface area contributed by atoms with Crippen LogP contribution in [-0.4, -0.2) is 23.4 Å². The summed E-state index contributed by atoms with van der Waals surface area (Å²) in [7, 11) is 0. The van der Waals surface area contributed by atoms with Gasteiger partial charge in [0, 0.05) is 29.8 Å². The Hall–Kier alpha value is -0.770. The van der Waals surface area contributed by atoms with E-state index in [-0.39, 0.29) is 11.4 Å². The summed E-state index contributed by atoms with van der Waals surface area (Å²) in [6.45, 7) is 5.58. The van der Waals surface area contributed by atoms with E-state index in [2.05, 4.69) is 19.2 Å². The van der Waals surface area contributed by atoms with Crippen LogP contribution >= 0.6 is 11.6 Å². The summed E-state index contributed by atoms with van der Waals surface area (Å²) in [5.41, 5.74) is 0.696. The minimum atomic E-state index is -0.0710. The van der Waals surface area contributed by atoms with Crippen LogP contribution in [0.15, 0.2) is 18.2 Å². The molecule has 0 amide bonds. The van der Waals surface area contributed by atoms with E-state index in [9.17, 15) is 5.11 Å². The Morgan fingerprint density at radius 3 is 2.94 bits per heavy atom. The number of benzene rings is 1. The van der Waals surface area contributed by atoms with Gasteiger partial charge in [0.25, 0.3) is 0 Å². The number of phenols is 1. The van der Waals surface area contributed by atoms with Gasteiger partial charge in [0.1, 0.15) is 5.75 Å². The van der Waals surface area contributed by atoms with E-state index in [1.807, 2.05) is 0 Å². The van der Waals surface area contributed by atoms with Crippen molar-refractivity contribution in [1.82, 2.24) is 5.32 Å². The van der Waals surface area contributed by atoms with Crippen molar-refractivity contribution in [2.24, 2.45) is 0 Å². The molecule has 1 unspecified atom stereocenters. The molecule has 2 rings (SSSR count). The number of halogens is 1. The summed E-state index contributed by atoms with van der Waals surface area (Å²) >= 11 is 6.08. The van der Waals surface area contributed by atoms with Crippen LogP contribution in [-0.2, 0) is 11.3 Å². The molecule has 0 bridgehead atoms. The van der Waals surface area contributed by atoms with Crippen LogP contribution in [0.5, 0.6) is 5.75 Å². The van der Waals surface area contributed by atoms with Gasteiger partial charge < -0.3 is 15.2 Å². The molecule has 4 heteroatoms. The van der Waals surface area contributed by atoms with E-state index < -0.39 is 0 Å². The van der Waals surface area contributed by atoms with Gasteiger partial charge in [0.15, 0.2) is 0 Å². The molecule has 1 heterocycles. The molecule has 0 saturated carbocycles. The van der Waals surface area contributed by atoms with E-state index in [4.69, 9.17) is 16.3 Å². The monoisotopic (exact) mass is 269 g/mol. The summed E-state index contributed by atoms with van der Waals surface area (Å²) in [6.07, 6.45) is 1.97. The van der Waals surface area contributed by atoms with Crippen molar-refractivity contribution in [3.8, 4) is 5.75 Å². The third kappa shape index (κ3) is 3.37. The van der Waals surface area contributed by atoms with Gasteiger partial charge in [-0.15, -0.1) is 0 Å². The molecule has 0 aromatic heterocycles. The van der Waals surface area contributed by atoms with Gasteiger partial charge in [-0.1, -0.05) is 17.7 Å². The maximum absolute atomic E-state index is 9.77. The molecule has 100 valence electrons. The molecule has 0 aliphatic carbocycles. The maximum atomic E-state index is 9.77. The van der Waals surface area contributed by atoms with E-state index in [0.717, 1.165) is 25.0 Å². The quantitative estimate of drug-likeness (QED) is 0.886. The molecular formula is C14H20ClNO2. The summed E-state index contributed by atoms with van der Waals surface area (Å²) in [6, 6.07) is 5.62. The maximum Gasteiger partial charge on any atom is 0.121 e. The molecule has 0 spiro atoms. The predicted molar refractivity (Wildman–Crippen MR) is 73.0 cm³/mol. The van der Waals surface area contributed by atoms with Crippen molar-refractivity contribution in [1.29, 1.82) is 0 Å². The molecule has 1 aromatic rings. The number of hydrogen-bond donors (Lipinski definition) is 2. The van der Waals surface area contributed by atoms with E-state index in [1.165, 1.54) is 0 Å². The SMILES string of the molecule is CC1(C)CC(NCc2c(O)cccc2Cl)CCO1. The van der Waals surface area contributed by atoms with Crippen molar-refractivity contribution in [3.63, 3.8) is 0 Å². The molecular weight excluding hydrogens is 250 g/mol. The number of hydrogen-bond acceptors (Lipinski definition) is 3. The van der Waals surface area contributed by atoms with Gasteiger partial charge in [-0.2, -0.15) is 0 Å². The Balaban J connectivity index is 1.95. The third-order valence-electron chi connectivity index (χ3n) is 3.36. The zero-order chi connectivity index (χ0) is 13.2. The second kappa shape index (κ2) is 5.47. The van der Waals surface area contributed by atoms with E-state index >= 15 is 0 Å². The molecule has 1 saturated heterocycles. The summed E-state index contributed by atoms with van der Waals surface area (Å²) in [5.74, 6) is 0.251. The molecule has 2 N–H and O–H groups in total. The Labute approximate surface area is 113 Å². The Morgan fingerprint density at radius 2 is 2.28 bits per heavy atom. The molecule has 3 nitrogen and oxygen atoms in total. The zero-order valence-electron chi connectivity index (χ0n) is 10.9. The first kappa shape index (κ1) is 13.7. The number of ether oxygens (including phenoxy) is 1. The van der Waals surface area contributed by atoms with Crippen LogP contribution in [0.4, 0.5) is 0 Å². The molecule has 1 aliphatic heterocycles. The summed E-state index contributed by atoms with van der Waals surface area (Å²) in [4.78, 5) is 0. The lowest BCUT2D eigenvalue weighted by Gasteiger charge is -2.36. The standard InChI is InChI=1S/C14H20ClNO2/c1-14(2)8-10(6-7-18-14)16-9-11-12(15)4-3-5-13(11)17/h3-5,10,16-17H,6-9H2,1-2H3. The Morgan fingerprint density at radius 1 is 1.50 bits per heavy atom. The van der Waals surface area contributed by atoms with E-state index in [0.29, 0.717) is 17.6 Å². The lowest BCUT2D eigenvalue weighted by atomic mass is 9.94. The average molecular weight is 270 g/mol. The minimum Gasteiger partial charge on any atom is -0.508 e. The third-order valence-corrected chi connectivity index (χ3v) is 3.71. The molecule has 0 radical (unpaired) electrons. The molecule has 1 atom stereocenters. The second-order valence-corrected chi connectivity index (χ2v) is 5.82. The fraction of sp³-hybridized carbons (Fsp3) is 0.571. The first-order valence-electron chi connectivity index (χ1n) is 6.32. The van der Waals surface area contributed by atoms with Crippen molar-refractivity contribution >= 4 is 11.6 Å². The number of nitrogens with one attached hydrogen (secondary N) is 1. The van der Waals surface area contributed by atoms with Crippen LogP contribution < -0.4 is 5.32 Å². The van der Waals surface area contributed by atoms with Gasteiger partial charge in [0.05, 0.1) is 5.60 Å². The predicted octanol–water partition coefficient (Wildman–Crippen LogP) is 3.09. The second-order valence-electron chi connectivity index (χ2n) is 5.42. The lowest BCUT2D eigenvalue weighted by molar-refractivity contribution is -0.0630. The first-order chi connectivity index (χ1) is 8.48. The lowest BCUT2D eigenvalue weighted by Crippen LogP contribution is -2.43. The molecule has 1 aliphatic rings. The van der Waals surface area contributed by atoms with Crippen molar-refractivity contribution in [2.75, 3.05) is 6.61 Å². The highest BCUT2D eigenvalue weighted by molar-refractivity contribution is 6.31. The van der Waals surface area contributed by atoms with Crippen molar-refractivity contribution < 1.29 is 9.84 Å². The van der Waals surface area contributed by atoms with Crippen molar-refractivity contribution in [3.05, 3.63) is 28.8 Å². The van der Waals surface area contributed by atoms with Gasteiger partial charge in [0.2, 0.25) is 0 Å². The minimum absolute atomic E-state index is 0.0710. The number of aromatic hydroxyl groups is 1. The van der Waals surface area contributed by atoms with Crippen LogP contribution in [0.2, 0.25) is 5.02 Å². The van der Waals surface area contributed by atoms with Crippen LogP contribution in [0.25, 0.3) is 0 Å². The van der Waals surface area contributed by atoms with Gasteiger partial charge >= 0.3 is 0 Å². The van der Waals surface area contributed by atoms with E-state index in [1.54, 1.807) is 18.2 Å². The van der Waals surface area contributed by atoms with Crippen LogP contribution in [0.1, 0.15) is 32.3 Å². The Bertz CT molecular complexity index is 400. The van der Waals surface area contributed by atoms with Gasteiger partial charge in [-0.3, -0.25) is 0 Å². The van der Waals surface area contributed by atoms with Gasteiger partial charge in [-0.05, 0) is 38.8 Å².